The van der Waals surface area contributed by atoms with E-state index in [1.54, 1.807) is 41.8 Å². The molecule has 0 aliphatic heterocycles. The predicted octanol–water partition coefficient (Wildman–Crippen LogP) is 3.72. The van der Waals surface area contributed by atoms with Crippen LogP contribution in [0.2, 0.25) is 0 Å². The van der Waals surface area contributed by atoms with Gasteiger partial charge in [-0.05, 0) is 50.1 Å². The molecule has 1 atom stereocenters. The second kappa shape index (κ2) is 7.49. The second-order valence-corrected chi connectivity index (χ2v) is 8.07. The lowest BCUT2D eigenvalue weighted by atomic mass is 10.2. The maximum atomic E-state index is 12.9. The standard InChI is InChI=1S/C21H18N4O2S/c1-13(19(26)23-15-6-4-5-14(11-15)12-22)28-21-24-18-8-3-2-7-17(18)20(27)25(21)16-9-10-16/h2-8,11,13,16H,9-10H2,1H3,(H,23,26)/t13-/m1/s1. The van der Waals surface area contributed by atoms with Crippen LogP contribution in [0.15, 0.2) is 58.5 Å². The van der Waals surface area contributed by atoms with Gasteiger partial charge in [0, 0.05) is 11.7 Å². The smallest absolute Gasteiger partial charge is 0.262 e. The summed E-state index contributed by atoms with van der Waals surface area (Å²) in [6.07, 6.45) is 1.91. The Morgan fingerprint density at radius 1 is 1.29 bits per heavy atom. The molecule has 0 bridgehead atoms. The molecular weight excluding hydrogens is 372 g/mol. The minimum atomic E-state index is -0.455. The number of rotatable bonds is 5. The maximum Gasteiger partial charge on any atom is 0.262 e. The monoisotopic (exact) mass is 390 g/mol. The molecule has 1 aliphatic rings. The third-order valence-corrected chi connectivity index (χ3v) is 5.66. The van der Waals surface area contributed by atoms with Crippen molar-refractivity contribution in [1.82, 2.24) is 9.55 Å². The number of nitriles is 1. The molecule has 0 saturated heterocycles. The van der Waals surface area contributed by atoms with Crippen molar-refractivity contribution in [3.05, 3.63) is 64.4 Å². The van der Waals surface area contributed by atoms with Gasteiger partial charge in [-0.25, -0.2) is 4.98 Å². The van der Waals surface area contributed by atoms with Crippen LogP contribution in [0.25, 0.3) is 10.9 Å². The summed E-state index contributed by atoms with van der Waals surface area (Å²) in [7, 11) is 0. The third kappa shape index (κ3) is 3.64. The van der Waals surface area contributed by atoms with Gasteiger partial charge in [0.05, 0.1) is 27.8 Å². The lowest BCUT2D eigenvalue weighted by Gasteiger charge is -2.16. The van der Waals surface area contributed by atoms with E-state index in [0.29, 0.717) is 27.3 Å². The SMILES string of the molecule is C[C@@H](Sc1nc2ccccc2c(=O)n1C1CC1)C(=O)Nc1cccc(C#N)c1. The van der Waals surface area contributed by atoms with Crippen LogP contribution in [0.5, 0.6) is 0 Å². The highest BCUT2D eigenvalue weighted by molar-refractivity contribution is 8.00. The number of fused-ring (bicyclic) bond motifs is 1. The highest BCUT2D eigenvalue weighted by Gasteiger charge is 2.30. The first-order valence-corrected chi connectivity index (χ1v) is 9.94. The second-order valence-electron chi connectivity index (χ2n) is 6.76. The van der Waals surface area contributed by atoms with Crippen molar-refractivity contribution in [2.24, 2.45) is 0 Å². The molecule has 3 aromatic rings. The van der Waals surface area contributed by atoms with Crippen molar-refractivity contribution in [2.75, 3.05) is 5.32 Å². The molecule has 1 aliphatic carbocycles. The summed E-state index contributed by atoms with van der Waals surface area (Å²) in [5.74, 6) is -0.204. The molecule has 0 unspecified atom stereocenters. The van der Waals surface area contributed by atoms with Gasteiger partial charge in [-0.2, -0.15) is 5.26 Å². The fraction of sp³-hybridized carbons (Fsp3) is 0.238. The molecule has 0 radical (unpaired) electrons. The zero-order valence-corrected chi connectivity index (χ0v) is 16.1. The fourth-order valence-corrected chi connectivity index (χ4v) is 3.96. The summed E-state index contributed by atoms with van der Waals surface area (Å²) >= 11 is 1.28. The summed E-state index contributed by atoms with van der Waals surface area (Å²) in [5, 5.41) is 12.5. The number of aromatic nitrogens is 2. The normalized spacial score (nSPS) is 14.4. The maximum absolute atomic E-state index is 12.9. The zero-order valence-electron chi connectivity index (χ0n) is 15.3. The minimum absolute atomic E-state index is 0.0510. The molecule has 1 amide bonds. The number of hydrogen-bond acceptors (Lipinski definition) is 5. The van der Waals surface area contributed by atoms with E-state index in [-0.39, 0.29) is 17.5 Å². The molecule has 2 aromatic carbocycles. The number of carbonyl (C=O) groups is 1. The van der Waals surface area contributed by atoms with Gasteiger partial charge in [0.25, 0.3) is 5.56 Å². The van der Waals surface area contributed by atoms with Gasteiger partial charge in [-0.15, -0.1) is 0 Å². The molecule has 1 fully saturated rings. The quantitative estimate of drug-likeness (QED) is 0.530. The van der Waals surface area contributed by atoms with Gasteiger partial charge in [-0.1, -0.05) is 30.0 Å². The summed E-state index contributed by atoms with van der Waals surface area (Å²) in [5.41, 5.74) is 1.64. The number of carbonyl (C=O) groups excluding carboxylic acids is 1. The van der Waals surface area contributed by atoms with Crippen molar-refractivity contribution in [3.8, 4) is 6.07 Å². The molecule has 4 rings (SSSR count). The Morgan fingerprint density at radius 2 is 2.07 bits per heavy atom. The van der Waals surface area contributed by atoms with E-state index >= 15 is 0 Å². The Bertz CT molecular complexity index is 1160. The molecule has 1 heterocycles. The van der Waals surface area contributed by atoms with Crippen LogP contribution in [-0.2, 0) is 4.79 Å². The van der Waals surface area contributed by atoms with Crippen molar-refractivity contribution >= 4 is 34.3 Å². The molecule has 28 heavy (non-hydrogen) atoms. The summed E-state index contributed by atoms with van der Waals surface area (Å²) in [6.45, 7) is 1.78. The molecule has 1 aromatic heterocycles. The van der Waals surface area contributed by atoms with Gasteiger partial charge in [0.1, 0.15) is 0 Å². The van der Waals surface area contributed by atoms with Crippen molar-refractivity contribution in [1.29, 1.82) is 5.26 Å². The zero-order chi connectivity index (χ0) is 19.7. The van der Waals surface area contributed by atoms with Crippen LogP contribution in [0, 0.1) is 11.3 Å². The molecule has 6 nitrogen and oxygen atoms in total. The van der Waals surface area contributed by atoms with E-state index in [4.69, 9.17) is 5.26 Å². The lowest BCUT2D eigenvalue weighted by Crippen LogP contribution is -2.26. The summed E-state index contributed by atoms with van der Waals surface area (Å²) < 4.78 is 1.73. The van der Waals surface area contributed by atoms with E-state index in [0.717, 1.165) is 12.8 Å². The number of thioether (sulfide) groups is 1. The number of nitrogens with one attached hydrogen (secondary N) is 1. The molecule has 1 saturated carbocycles. The van der Waals surface area contributed by atoms with Crippen LogP contribution < -0.4 is 10.9 Å². The molecule has 1 N–H and O–H groups in total. The first-order chi connectivity index (χ1) is 13.6. The highest BCUT2D eigenvalue weighted by atomic mass is 32.2. The van der Waals surface area contributed by atoms with Crippen LogP contribution in [-0.4, -0.2) is 20.7 Å². The van der Waals surface area contributed by atoms with Gasteiger partial charge >= 0.3 is 0 Å². The Kier molecular flexibility index (Phi) is 4.88. The highest BCUT2D eigenvalue weighted by Crippen LogP contribution is 2.37. The van der Waals surface area contributed by atoms with Gasteiger partial charge in [-0.3, -0.25) is 14.2 Å². The van der Waals surface area contributed by atoms with Crippen LogP contribution >= 0.6 is 11.8 Å². The average molecular weight is 390 g/mol. The minimum Gasteiger partial charge on any atom is -0.325 e. The van der Waals surface area contributed by atoms with Crippen LogP contribution in [0.1, 0.15) is 31.4 Å². The Hall–Kier alpha value is -3.11. The first-order valence-electron chi connectivity index (χ1n) is 9.06. The average Bonchev–Trinajstić information content (AvgIpc) is 3.53. The van der Waals surface area contributed by atoms with Crippen LogP contribution in [0.4, 0.5) is 5.69 Å². The van der Waals surface area contributed by atoms with Crippen LogP contribution in [0.3, 0.4) is 0 Å². The number of benzene rings is 2. The Labute approximate surface area is 166 Å². The fourth-order valence-electron chi connectivity index (χ4n) is 2.99. The molecular formula is C21H18N4O2S. The van der Waals surface area contributed by atoms with E-state index < -0.39 is 5.25 Å². The number of para-hydroxylation sites is 1. The lowest BCUT2D eigenvalue weighted by molar-refractivity contribution is -0.115. The van der Waals surface area contributed by atoms with E-state index in [9.17, 15) is 9.59 Å². The van der Waals surface area contributed by atoms with Crippen molar-refractivity contribution in [2.45, 2.75) is 36.2 Å². The largest absolute Gasteiger partial charge is 0.325 e. The third-order valence-electron chi connectivity index (χ3n) is 4.60. The number of nitrogens with zero attached hydrogens (tertiary/aromatic N) is 3. The first kappa shape index (κ1) is 18.3. The summed E-state index contributed by atoms with van der Waals surface area (Å²) in [6, 6.07) is 16.3. The topological polar surface area (TPSA) is 87.8 Å². The molecule has 140 valence electrons. The van der Waals surface area contributed by atoms with E-state index in [1.165, 1.54) is 11.8 Å². The van der Waals surface area contributed by atoms with E-state index in [2.05, 4.69) is 16.4 Å². The number of amides is 1. The van der Waals surface area contributed by atoms with Gasteiger partial charge < -0.3 is 5.32 Å². The molecule has 7 heteroatoms. The van der Waals surface area contributed by atoms with E-state index in [1.807, 2.05) is 18.2 Å². The van der Waals surface area contributed by atoms with Crippen molar-refractivity contribution in [3.63, 3.8) is 0 Å². The van der Waals surface area contributed by atoms with Gasteiger partial charge in [0.2, 0.25) is 5.91 Å². The molecule has 0 spiro atoms. The number of anilines is 1. The Morgan fingerprint density at radius 3 is 2.82 bits per heavy atom. The number of hydrogen-bond donors (Lipinski definition) is 1. The Balaban J connectivity index is 1.60. The van der Waals surface area contributed by atoms with Crippen molar-refractivity contribution < 1.29 is 4.79 Å². The van der Waals surface area contributed by atoms with Gasteiger partial charge in [0.15, 0.2) is 5.16 Å². The summed E-state index contributed by atoms with van der Waals surface area (Å²) in [4.78, 5) is 30.2. The predicted molar refractivity (Wildman–Crippen MR) is 109 cm³/mol.